The molecular formula is C27H27FN6O5S. The summed E-state index contributed by atoms with van der Waals surface area (Å²) < 4.78 is 41.8. The summed E-state index contributed by atoms with van der Waals surface area (Å²) in [4.78, 5) is 32.3. The molecule has 0 unspecified atom stereocenters. The van der Waals surface area contributed by atoms with Gasteiger partial charge in [-0.25, -0.2) is 22.5 Å². The van der Waals surface area contributed by atoms with E-state index in [2.05, 4.69) is 10.1 Å². The lowest BCUT2D eigenvalue weighted by atomic mass is 9.91. The minimum atomic E-state index is -3.30. The highest BCUT2D eigenvalue weighted by Gasteiger charge is 2.35. The maximum atomic E-state index is 13.3. The van der Waals surface area contributed by atoms with Crippen molar-refractivity contribution in [3.05, 3.63) is 82.8 Å². The first-order valence-electron chi connectivity index (χ1n) is 12.9. The second kappa shape index (κ2) is 9.82. The minimum absolute atomic E-state index is 0.0114. The zero-order valence-corrected chi connectivity index (χ0v) is 22.3. The van der Waals surface area contributed by atoms with Crippen molar-refractivity contribution in [2.75, 3.05) is 29.7 Å². The third kappa shape index (κ3) is 4.75. The van der Waals surface area contributed by atoms with E-state index in [1.165, 1.54) is 38.2 Å². The van der Waals surface area contributed by atoms with E-state index in [4.69, 9.17) is 0 Å². The lowest BCUT2D eigenvalue weighted by Crippen LogP contribution is -2.49. The first-order valence-corrected chi connectivity index (χ1v) is 14.6. The molecule has 0 atom stereocenters. The van der Waals surface area contributed by atoms with Crippen molar-refractivity contribution >= 4 is 32.7 Å². The standard InChI is InChI=1S/C27H27FN6O5S/c28-20-4-8-22(9-5-20)34-24-23(16-30-34)26(36)32(18-29-24)17-27(37)10-13-31(14-11-27)25(35)19-2-6-21(7-3-19)33-12-1-15-40(33,38)39/h2-9,16,18,37H,1,10-15,17H2. The van der Waals surface area contributed by atoms with Crippen LogP contribution in [0.3, 0.4) is 0 Å². The van der Waals surface area contributed by atoms with E-state index in [0.29, 0.717) is 48.6 Å². The van der Waals surface area contributed by atoms with E-state index in [1.54, 1.807) is 41.3 Å². The van der Waals surface area contributed by atoms with E-state index in [1.807, 2.05) is 0 Å². The Morgan fingerprint density at radius 3 is 2.33 bits per heavy atom. The number of hydrogen-bond donors (Lipinski definition) is 1. The van der Waals surface area contributed by atoms with E-state index < -0.39 is 15.6 Å². The average molecular weight is 567 g/mol. The molecule has 1 amide bonds. The number of halogens is 1. The van der Waals surface area contributed by atoms with Crippen molar-refractivity contribution in [1.29, 1.82) is 0 Å². The summed E-state index contributed by atoms with van der Waals surface area (Å²) >= 11 is 0. The van der Waals surface area contributed by atoms with Gasteiger partial charge in [0.1, 0.15) is 17.5 Å². The van der Waals surface area contributed by atoms with Gasteiger partial charge < -0.3 is 10.0 Å². The summed E-state index contributed by atoms with van der Waals surface area (Å²) in [5, 5.41) is 15.8. The predicted molar refractivity (Wildman–Crippen MR) is 145 cm³/mol. The summed E-state index contributed by atoms with van der Waals surface area (Å²) in [5.41, 5.74) is 0.305. The van der Waals surface area contributed by atoms with Crippen molar-refractivity contribution in [3.63, 3.8) is 0 Å². The number of aliphatic hydroxyl groups is 1. The fourth-order valence-electron chi connectivity index (χ4n) is 5.32. The molecule has 0 saturated carbocycles. The highest BCUT2D eigenvalue weighted by Crippen LogP contribution is 2.27. The van der Waals surface area contributed by atoms with E-state index in [0.717, 1.165) is 0 Å². The van der Waals surface area contributed by atoms with E-state index in [9.17, 15) is 27.5 Å². The van der Waals surface area contributed by atoms with Crippen LogP contribution in [0, 0.1) is 5.82 Å². The Morgan fingerprint density at radius 1 is 1.00 bits per heavy atom. The van der Waals surface area contributed by atoms with Gasteiger partial charge in [0, 0.05) is 25.2 Å². The number of carbonyl (C=O) groups is 1. The smallest absolute Gasteiger partial charge is 0.264 e. The minimum Gasteiger partial charge on any atom is -0.388 e. The molecule has 0 spiro atoms. The molecule has 11 nitrogen and oxygen atoms in total. The van der Waals surface area contributed by atoms with Crippen molar-refractivity contribution in [2.24, 2.45) is 0 Å². The summed E-state index contributed by atoms with van der Waals surface area (Å²) in [7, 11) is -3.30. The number of amides is 1. The molecule has 2 aromatic heterocycles. The van der Waals surface area contributed by atoms with E-state index in [-0.39, 0.29) is 47.8 Å². The monoisotopic (exact) mass is 566 g/mol. The van der Waals surface area contributed by atoms with Gasteiger partial charge in [-0.1, -0.05) is 0 Å². The Labute approximate surface area is 229 Å². The Balaban J connectivity index is 1.12. The van der Waals surface area contributed by atoms with Crippen LogP contribution in [0.1, 0.15) is 29.6 Å². The molecule has 13 heteroatoms. The van der Waals surface area contributed by atoms with Gasteiger partial charge in [0.2, 0.25) is 10.0 Å². The molecule has 4 heterocycles. The van der Waals surface area contributed by atoms with Gasteiger partial charge in [-0.3, -0.25) is 18.5 Å². The molecule has 0 aliphatic carbocycles. The number of aromatic nitrogens is 4. The second-order valence-electron chi connectivity index (χ2n) is 10.3. The highest BCUT2D eigenvalue weighted by molar-refractivity contribution is 7.93. The molecule has 2 fully saturated rings. The third-order valence-corrected chi connectivity index (χ3v) is 9.44. The Morgan fingerprint density at radius 2 is 1.68 bits per heavy atom. The number of piperidine rings is 1. The number of likely N-dealkylation sites (tertiary alicyclic amines) is 1. The summed E-state index contributed by atoms with van der Waals surface area (Å²) in [6.45, 7) is 1.04. The van der Waals surface area contributed by atoms with Crippen molar-refractivity contribution in [3.8, 4) is 5.69 Å². The lowest BCUT2D eigenvalue weighted by molar-refractivity contribution is -0.0299. The van der Waals surface area contributed by atoms with Gasteiger partial charge in [0.05, 0.1) is 35.5 Å². The molecule has 6 rings (SSSR count). The number of rotatable bonds is 5. The lowest BCUT2D eigenvalue weighted by Gasteiger charge is -2.38. The largest absolute Gasteiger partial charge is 0.388 e. The molecule has 4 aromatic rings. The quantitative estimate of drug-likeness (QED) is 0.391. The zero-order valence-electron chi connectivity index (χ0n) is 21.5. The van der Waals surface area contributed by atoms with Crippen LogP contribution in [0.4, 0.5) is 10.1 Å². The van der Waals surface area contributed by atoms with Gasteiger partial charge in [-0.05, 0) is 67.8 Å². The normalized spacial score (nSPS) is 18.4. The molecule has 2 saturated heterocycles. The van der Waals surface area contributed by atoms with Crippen LogP contribution in [0.15, 0.2) is 65.8 Å². The molecule has 2 aliphatic rings. The number of sulfonamides is 1. The second-order valence-corrected chi connectivity index (χ2v) is 12.3. The van der Waals surface area contributed by atoms with Gasteiger partial charge in [-0.2, -0.15) is 5.10 Å². The first-order chi connectivity index (χ1) is 19.1. The van der Waals surface area contributed by atoms with Crippen LogP contribution in [0.25, 0.3) is 16.7 Å². The topological polar surface area (TPSA) is 131 Å². The molecular weight excluding hydrogens is 539 g/mol. The molecule has 2 aliphatic heterocycles. The van der Waals surface area contributed by atoms with Crippen LogP contribution in [0.2, 0.25) is 0 Å². The highest BCUT2D eigenvalue weighted by atomic mass is 32.2. The first kappa shape index (κ1) is 26.1. The van der Waals surface area contributed by atoms with Crippen LogP contribution in [0.5, 0.6) is 0 Å². The predicted octanol–water partition coefficient (Wildman–Crippen LogP) is 1.93. The maximum Gasteiger partial charge on any atom is 0.264 e. The summed E-state index contributed by atoms with van der Waals surface area (Å²) in [6.07, 6.45) is 3.88. The van der Waals surface area contributed by atoms with E-state index >= 15 is 0 Å². The molecule has 2 aromatic carbocycles. The molecule has 40 heavy (non-hydrogen) atoms. The number of nitrogens with zero attached hydrogens (tertiary/aromatic N) is 6. The number of anilines is 1. The fourth-order valence-corrected chi connectivity index (χ4v) is 6.88. The van der Waals surface area contributed by atoms with Crippen LogP contribution >= 0.6 is 0 Å². The van der Waals surface area contributed by atoms with Crippen LogP contribution < -0.4 is 9.86 Å². The fraction of sp³-hybridized carbons (Fsp3) is 0.333. The van der Waals surface area contributed by atoms with Gasteiger partial charge >= 0.3 is 0 Å². The number of fused-ring (bicyclic) bond motifs is 1. The summed E-state index contributed by atoms with van der Waals surface area (Å²) in [5.74, 6) is -0.462. The summed E-state index contributed by atoms with van der Waals surface area (Å²) in [6, 6.07) is 12.2. The molecule has 0 bridgehead atoms. The van der Waals surface area contributed by atoms with Gasteiger partial charge in [0.15, 0.2) is 5.65 Å². The molecule has 208 valence electrons. The Bertz CT molecular complexity index is 1740. The van der Waals surface area contributed by atoms with Crippen LogP contribution in [-0.2, 0) is 16.6 Å². The van der Waals surface area contributed by atoms with Crippen LogP contribution in [-0.4, -0.2) is 74.7 Å². The molecule has 1 N–H and O–H groups in total. The number of benzene rings is 2. The van der Waals surface area contributed by atoms with Crippen molar-refractivity contribution in [2.45, 2.75) is 31.4 Å². The van der Waals surface area contributed by atoms with Crippen molar-refractivity contribution in [1.82, 2.24) is 24.2 Å². The number of hydrogen-bond acceptors (Lipinski definition) is 7. The maximum absolute atomic E-state index is 13.3. The zero-order chi connectivity index (χ0) is 28.1. The molecule has 0 radical (unpaired) electrons. The van der Waals surface area contributed by atoms with Crippen molar-refractivity contribution < 1.29 is 22.7 Å². The Kier molecular flexibility index (Phi) is 6.42. The van der Waals surface area contributed by atoms with Gasteiger partial charge in [0.25, 0.3) is 11.5 Å². The van der Waals surface area contributed by atoms with Gasteiger partial charge in [-0.15, -0.1) is 0 Å². The third-order valence-electron chi connectivity index (χ3n) is 7.57. The average Bonchev–Trinajstić information content (AvgIpc) is 3.54. The number of carbonyl (C=O) groups excluding carboxylic acids is 1. The Hall–Kier alpha value is -4.10. The SMILES string of the molecule is O=C(c1ccc(N2CCCS2(=O)=O)cc1)N1CCC(O)(Cn2cnc3c(cnn3-c3ccc(F)cc3)c2=O)CC1.